The van der Waals surface area contributed by atoms with Gasteiger partial charge in [0.05, 0.1) is 24.2 Å². The molecule has 1 unspecified atom stereocenters. The van der Waals surface area contributed by atoms with E-state index in [-0.39, 0.29) is 25.0 Å². The van der Waals surface area contributed by atoms with Crippen LogP contribution in [-0.2, 0) is 4.74 Å². The molecule has 0 heterocycles. The van der Waals surface area contributed by atoms with Crippen LogP contribution in [0.3, 0.4) is 0 Å². The quantitative estimate of drug-likeness (QED) is 0.593. The summed E-state index contributed by atoms with van der Waals surface area (Å²) in [5, 5.41) is 19.1. The van der Waals surface area contributed by atoms with Crippen molar-refractivity contribution in [2.75, 3.05) is 13.2 Å². The number of nitro benzene ring substituents is 1. The highest BCUT2D eigenvalue weighted by Crippen LogP contribution is 2.21. The largest absolute Gasteiger partial charge is 0.394 e. The number of rotatable bonds is 5. The first-order chi connectivity index (χ1) is 7.15. The molecule has 0 saturated carbocycles. The molecular weight excluding hydrogens is 198 g/mol. The summed E-state index contributed by atoms with van der Waals surface area (Å²) >= 11 is 0. The van der Waals surface area contributed by atoms with Gasteiger partial charge in [0, 0.05) is 12.1 Å². The number of ether oxygens (including phenoxy) is 1. The minimum absolute atomic E-state index is 0.0481. The first-order valence-electron chi connectivity index (χ1n) is 4.62. The van der Waals surface area contributed by atoms with Gasteiger partial charge in [-0.2, -0.15) is 0 Å². The van der Waals surface area contributed by atoms with E-state index >= 15 is 0 Å². The van der Waals surface area contributed by atoms with Gasteiger partial charge in [-0.3, -0.25) is 10.1 Å². The van der Waals surface area contributed by atoms with E-state index in [4.69, 9.17) is 9.84 Å². The van der Waals surface area contributed by atoms with Crippen LogP contribution in [0.5, 0.6) is 0 Å². The zero-order chi connectivity index (χ0) is 11.3. The van der Waals surface area contributed by atoms with Gasteiger partial charge < -0.3 is 9.84 Å². The van der Waals surface area contributed by atoms with Crippen LogP contribution in [0, 0.1) is 10.1 Å². The predicted molar refractivity (Wildman–Crippen MR) is 54.5 cm³/mol. The Balaban J connectivity index is 2.76. The maximum absolute atomic E-state index is 10.5. The standard InChI is InChI=1S/C10H13NO4/c1-8(15-6-5-12)9-3-2-4-10(7-9)11(13)14/h2-4,7-8,12H,5-6H2,1H3. The summed E-state index contributed by atoms with van der Waals surface area (Å²) in [6.07, 6.45) is -0.253. The van der Waals surface area contributed by atoms with Crippen LogP contribution in [0.2, 0.25) is 0 Å². The summed E-state index contributed by atoms with van der Waals surface area (Å²) in [5.41, 5.74) is 0.782. The summed E-state index contributed by atoms with van der Waals surface area (Å²) in [5.74, 6) is 0. The Morgan fingerprint density at radius 1 is 1.60 bits per heavy atom. The average Bonchev–Trinajstić information content (AvgIpc) is 2.26. The fourth-order valence-electron chi connectivity index (χ4n) is 1.22. The van der Waals surface area contributed by atoms with Crippen molar-refractivity contribution >= 4 is 5.69 Å². The highest BCUT2D eigenvalue weighted by molar-refractivity contribution is 5.35. The Hall–Kier alpha value is -1.46. The minimum atomic E-state index is -0.442. The molecular formula is C10H13NO4. The number of aliphatic hydroxyl groups excluding tert-OH is 1. The van der Waals surface area contributed by atoms with Gasteiger partial charge in [-0.1, -0.05) is 12.1 Å². The van der Waals surface area contributed by atoms with Crippen LogP contribution in [0.25, 0.3) is 0 Å². The van der Waals surface area contributed by atoms with E-state index < -0.39 is 4.92 Å². The molecule has 0 spiro atoms. The van der Waals surface area contributed by atoms with Crippen LogP contribution in [-0.4, -0.2) is 23.2 Å². The Morgan fingerprint density at radius 3 is 2.93 bits per heavy atom. The number of aliphatic hydroxyl groups is 1. The highest BCUT2D eigenvalue weighted by atomic mass is 16.6. The topological polar surface area (TPSA) is 72.6 Å². The number of hydrogen-bond acceptors (Lipinski definition) is 4. The second-order valence-electron chi connectivity index (χ2n) is 3.09. The molecule has 15 heavy (non-hydrogen) atoms. The summed E-state index contributed by atoms with van der Waals surface area (Å²) in [6, 6.07) is 6.28. The maximum Gasteiger partial charge on any atom is 0.269 e. The van der Waals surface area contributed by atoms with Crippen LogP contribution in [0.1, 0.15) is 18.6 Å². The molecule has 1 aromatic carbocycles. The predicted octanol–water partition coefficient (Wildman–Crippen LogP) is 1.66. The molecule has 0 fully saturated rings. The first kappa shape index (κ1) is 11.6. The SMILES string of the molecule is CC(OCCO)c1cccc([N+](=O)[O-])c1. The molecule has 0 aliphatic rings. The third-order valence-electron chi connectivity index (χ3n) is 2.01. The van der Waals surface area contributed by atoms with E-state index in [1.165, 1.54) is 12.1 Å². The molecule has 0 amide bonds. The molecule has 0 radical (unpaired) electrons. The first-order valence-corrected chi connectivity index (χ1v) is 4.62. The summed E-state index contributed by atoms with van der Waals surface area (Å²) in [6.45, 7) is 1.96. The van der Waals surface area contributed by atoms with E-state index in [1.807, 2.05) is 0 Å². The summed E-state index contributed by atoms with van der Waals surface area (Å²) in [4.78, 5) is 10.1. The molecule has 0 aliphatic heterocycles. The van der Waals surface area contributed by atoms with Crippen molar-refractivity contribution in [1.29, 1.82) is 0 Å². The molecule has 0 aromatic heterocycles. The molecule has 0 aliphatic carbocycles. The second-order valence-corrected chi connectivity index (χ2v) is 3.09. The number of nitro groups is 1. The third-order valence-corrected chi connectivity index (χ3v) is 2.01. The van der Waals surface area contributed by atoms with Crippen molar-refractivity contribution in [3.63, 3.8) is 0 Å². The Labute approximate surface area is 87.5 Å². The van der Waals surface area contributed by atoms with Gasteiger partial charge in [-0.15, -0.1) is 0 Å². The molecule has 82 valence electrons. The van der Waals surface area contributed by atoms with Gasteiger partial charge in [-0.25, -0.2) is 0 Å². The normalized spacial score (nSPS) is 12.4. The van der Waals surface area contributed by atoms with Crippen LogP contribution in [0.15, 0.2) is 24.3 Å². The van der Waals surface area contributed by atoms with E-state index in [2.05, 4.69) is 0 Å². The maximum atomic E-state index is 10.5. The van der Waals surface area contributed by atoms with Gasteiger partial charge in [-0.05, 0) is 12.5 Å². The van der Waals surface area contributed by atoms with E-state index in [0.29, 0.717) is 0 Å². The Bertz CT molecular complexity index is 340. The van der Waals surface area contributed by atoms with Crippen molar-refractivity contribution in [3.8, 4) is 0 Å². The fraction of sp³-hybridized carbons (Fsp3) is 0.400. The lowest BCUT2D eigenvalue weighted by Gasteiger charge is -2.11. The van der Waals surface area contributed by atoms with Crippen molar-refractivity contribution in [2.24, 2.45) is 0 Å². The number of non-ortho nitro benzene ring substituents is 1. The molecule has 0 saturated heterocycles. The zero-order valence-electron chi connectivity index (χ0n) is 8.42. The van der Waals surface area contributed by atoms with Crippen LogP contribution >= 0.6 is 0 Å². The van der Waals surface area contributed by atoms with Gasteiger partial charge >= 0.3 is 0 Å². The van der Waals surface area contributed by atoms with Crippen molar-refractivity contribution in [2.45, 2.75) is 13.0 Å². The zero-order valence-corrected chi connectivity index (χ0v) is 8.42. The smallest absolute Gasteiger partial charge is 0.269 e. The highest BCUT2D eigenvalue weighted by Gasteiger charge is 2.10. The van der Waals surface area contributed by atoms with Crippen LogP contribution < -0.4 is 0 Å². The van der Waals surface area contributed by atoms with Crippen LogP contribution in [0.4, 0.5) is 5.69 Å². The molecule has 1 atom stereocenters. The van der Waals surface area contributed by atoms with Crippen molar-refractivity contribution in [1.82, 2.24) is 0 Å². The second kappa shape index (κ2) is 5.43. The van der Waals surface area contributed by atoms with E-state index in [1.54, 1.807) is 19.1 Å². The van der Waals surface area contributed by atoms with E-state index in [0.717, 1.165) is 5.56 Å². The van der Waals surface area contributed by atoms with Gasteiger partial charge in [0.1, 0.15) is 0 Å². The Morgan fingerprint density at radius 2 is 2.33 bits per heavy atom. The molecule has 5 nitrogen and oxygen atoms in total. The lowest BCUT2D eigenvalue weighted by Crippen LogP contribution is -2.04. The fourth-order valence-corrected chi connectivity index (χ4v) is 1.22. The van der Waals surface area contributed by atoms with Crippen molar-refractivity contribution < 1.29 is 14.8 Å². The Kier molecular flexibility index (Phi) is 4.20. The number of nitrogens with zero attached hydrogens (tertiary/aromatic N) is 1. The summed E-state index contributed by atoms with van der Waals surface area (Å²) < 4.78 is 5.24. The van der Waals surface area contributed by atoms with Gasteiger partial charge in [0.15, 0.2) is 0 Å². The number of benzene rings is 1. The number of hydrogen-bond donors (Lipinski definition) is 1. The average molecular weight is 211 g/mol. The lowest BCUT2D eigenvalue weighted by atomic mass is 10.1. The lowest BCUT2D eigenvalue weighted by molar-refractivity contribution is -0.385. The molecule has 0 bridgehead atoms. The minimum Gasteiger partial charge on any atom is -0.394 e. The van der Waals surface area contributed by atoms with E-state index in [9.17, 15) is 10.1 Å². The molecule has 1 N–H and O–H groups in total. The molecule has 1 rings (SSSR count). The molecule has 1 aromatic rings. The summed E-state index contributed by atoms with van der Waals surface area (Å²) in [7, 11) is 0. The van der Waals surface area contributed by atoms with Gasteiger partial charge in [0.25, 0.3) is 5.69 Å². The molecule has 5 heteroatoms. The monoisotopic (exact) mass is 211 g/mol. The van der Waals surface area contributed by atoms with Gasteiger partial charge in [0.2, 0.25) is 0 Å². The third kappa shape index (κ3) is 3.30. The van der Waals surface area contributed by atoms with Crippen molar-refractivity contribution in [3.05, 3.63) is 39.9 Å².